The van der Waals surface area contributed by atoms with Crippen LogP contribution in [0.3, 0.4) is 0 Å². The molecule has 0 aliphatic carbocycles. The molecule has 2 aromatic carbocycles. The maximum absolute atomic E-state index is 12.6. The van der Waals surface area contributed by atoms with Gasteiger partial charge in [-0.1, -0.05) is 48.5 Å². The fourth-order valence-electron chi connectivity index (χ4n) is 3.37. The maximum Gasteiger partial charge on any atom is 0.329 e. The fraction of sp³-hybridized carbons (Fsp3) is 0.217. The van der Waals surface area contributed by atoms with Crippen molar-refractivity contribution >= 4 is 23.3 Å². The predicted octanol–water partition coefficient (Wildman–Crippen LogP) is 1.62. The van der Waals surface area contributed by atoms with Gasteiger partial charge in [0.25, 0.3) is 5.56 Å². The topological polar surface area (TPSA) is 127 Å². The number of benzene rings is 2. The molecule has 2 heterocycles. The molecule has 2 aromatic heterocycles. The van der Waals surface area contributed by atoms with E-state index in [1.165, 1.54) is 16.2 Å². The van der Waals surface area contributed by atoms with Crippen LogP contribution in [0.25, 0.3) is 11.2 Å². The zero-order chi connectivity index (χ0) is 23.4. The van der Waals surface area contributed by atoms with Crippen molar-refractivity contribution in [3.8, 4) is 5.75 Å². The number of ether oxygens (including phenoxy) is 1. The first kappa shape index (κ1) is 22.0. The predicted molar refractivity (Wildman–Crippen MR) is 126 cm³/mol. The average molecular weight is 448 g/mol. The summed E-state index contributed by atoms with van der Waals surface area (Å²) in [6.07, 6.45) is 0.641. The Labute approximate surface area is 188 Å². The molecule has 0 radical (unpaired) electrons. The highest BCUT2D eigenvalue weighted by Gasteiger charge is 2.20. The van der Waals surface area contributed by atoms with Crippen molar-refractivity contribution < 1.29 is 9.84 Å². The number of aliphatic hydroxyl groups excluding tert-OH is 1. The number of nitrogens with zero attached hydrogens (tertiary/aromatic N) is 4. The van der Waals surface area contributed by atoms with Crippen LogP contribution in [0, 0.1) is 6.92 Å². The molecular weight excluding hydrogens is 424 g/mol. The SMILES string of the molecule is Cc1ccccc1OCC(O)Cn1c(N/N=C\c2ccccc2)nc2c1c(=O)[nH]c(=O)n2C. The molecule has 4 rings (SSSR count). The summed E-state index contributed by atoms with van der Waals surface area (Å²) in [4.78, 5) is 31.3. The molecule has 1 unspecified atom stereocenters. The zero-order valence-corrected chi connectivity index (χ0v) is 18.2. The van der Waals surface area contributed by atoms with Gasteiger partial charge in [-0.2, -0.15) is 10.1 Å². The van der Waals surface area contributed by atoms with Gasteiger partial charge in [0.05, 0.1) is 12.8 Å². The first-order valence-electron chi connectivity index (χ1n) is 10.3. The lowest BCUT2D eigenvalue weighted by Gasteiger charge is -2.16. The first-order chi connectivity index (χ1) is 15.9. The van der Waals surface area contributed by atoms with Gasteiger partial charge in [0.15, 0.2) is 11.2 Å². The molecule has 0 spiro atoms. The van der Waals surface area contributed by atoms with E-state index >= 15 is 0 Å². The first-order valence-corrected chi connectivity index (χ1v) is 10.3. The number of aryl methyl sites for hydroxylation is 2. The van der Waals surface area contributed by atoms with E-state index in [2.05, 4.69) is 20.5 Å². The van der Waals surface area contributed by atoms with Crippen LogP contribution in [0.5, 0.6) is 5.75 Å². The normalized spacial score (nSPS) is 12.3. The maximum atomic E-state index is 12.6. The standard InChI is InChI=1S/C23H24N6O4/c1-15-8-6-7-11-18(15)33-14-17(30)13-29-19-20(28(2)23(32)26-21(19)31)25-22(29)27-24-12-16-9-4-3-5-10-16/h3-12,17,30H,13-14H2,1-2H3,(H,25,27)(H,26,31,32)/b24-12-. The van der Waals surface area contributed by atoms with Crippen molar-refractivity contribution in [3.63, 3.8) is 0 Å². The smallest absolute Gasteiger partial charge is 0.329 e. The van der Waals surface area contributed by atoms with E-state index in [9.17, 15) is 14.7 Å². The van der Waals surface area contributed by atoms with E-state index in [0.29, 0.717) is 5.75 Å². The molecule has 0 bridgehead atoms. The Morgan fingerprint density at radius 3 is 2.67 bits per heavy atom. The van der Waals surface area contributed by atoms with Gasteiger partial charge in [-0.05, 0) is 24.1 Å². The van der Waals surface area contributed by atoms with Crippen molar-refractivity contribution in [2.75, 3.05) is 12.0 Å². The van der Waals surface area contributed by atoms with Crippen LogP contribution < -0.4 is 21.4 Å². The van der Waals surface area contributed by atoms with Gasteiger partial charge in [0.1, 0.15) is 18.5 Å². The summed E-state index contributed by atoms with van der Waals surface area (Å²) >= 11 is 0. The summed E-state index contributed by atoms with van der Waals surface area (Å²) in [5.41, 5.74) is 3.76. The summed E-state index contributed by atoms with van der Waals surface area (Å²) in [7, 11) is 1.51. The lowest BCUT2D eigenvalue weighted by Crippen LogP contribution is -2.30. The lowest BCUT2D eigenvalue weighted by molar-refractivity contribution is 0.0935. The highest BCUT2D eigenvalue weighted by Crippen LogP contribution is 2.18. The highest BCUT2D eigenvalue weighted by atomic mass is 16.5. The minimum Gasteiger partial charge on any atom is -0.491 e. The van der Waals surface area contributed by atoms with E-state index in [0.717, 1.165) is 11.1 Å². The van der Waals surface area contributed by atoms with Gasteiger partial charge >= 0.3 is 5.69 Å². The molecule has 0 aliphatic rings. The van der Waals surface area contributed by atoms with Gasteiger partial charge < -0.3 is 14.4 Å². The van der Waals surface area contributed by atoms with Crippen molar-refractivity contribution in [2.24, 2.45) is 12.1 Å². The number of imidazole rings is 1. The number of rotatable bonds is 8. The molecule has 33 heavy (non-hydrogen) atoms. The molecule has 0 fully saturated rings. The molecule has 170 valence electrons. The van der Waals surface area contributed by atoms with Crippen LogP contribution >= 0.6 is 0 Å². The molecule has 0 saturated carbocycles. The van der Waals surface area contributed by atoms with Crippen LogP contribution in [-0.2, 0) is 13.6 Å². The molecule has 0 aliphatic heterocycles. The fourth-order valence-corrected chi connectivity index (χ4v) is 3.37. The van der Waals surface area contributed by atoms with E-state index in [-0.39, 0.29) is 30.3 Å². The van der Waals surface area contributed by atoms with Crippen LogP contribution in [0.15, 0.2) is 69.3 Å². The monoisotopic (exact) mass is 448 g/mol. The summed E-state index contributed by atoms with van der Waals surface area (Å²) in [6, 6.07) is 16.9. The third kappa shape index (κ3) is 4.85. The number of hydrazone groups is 1. The van der Waals surface area contributed by atoms with Gasteiger partial charge in [-0.15, -0.1) is 0 Å². The number of hydrogen-bond acceptors (Lipinski definition) is 7. The van der Waals surface area contributed by atoms with Crippen LogP contribution in [0.1, 0.15) is 11.1 Å². The van der Waals surface area contributed by atoms with Crippen LogP contribution in [0.2, 0.25) is 0 Å². The van der Waals surface area contributed by atoms with Gasteiger partial charge in [0.2, 0.25) is 5.95 Å². The number of hydrogen-bond donors (Lipinski definition) is 3. The number of para-hydroxylation sites is 1. The number of fused-ring (bicyclic) bond motifs is 1. The number of aromatic amines is 1. The van der Waals surface area contributed by atoms with Crippen LogP contribution in [-0.4, -0.2) is 43.1 Å². The Morgan fingerprint density at radius 2 is 1.91 bits per heavy atom. The second kappa shape index (κ2) is 9.53. The van der Waals surface area contributed by atoms with E-state index in [1.54, 1.807) is 6.21 Å². The van der Waals surface area contributed by atoms with Gasteiger partial charge in [0, 0.05) is 7.05 Å². The zero-order valence-electron chi connectivity index (χ0n) is 18.2. The van der Waals surface area contributed by atoms with Gasteiger partial charge in [-0.3, -0.25) is 14.3 Å². The third-order valence-electron chi connectivity index (χ3n) is 5.10. The Hall–Kier alpha value is -4.18. The minimum atomic E-state index is -0.961. The van der Waals surface area contributed by atoms with Crippen molar-refractivity contribution in [1.82, 2.24) is 19.1 Å². The van der Waals surface area contributed by atoms with Crippen LogP contribution in [0.4, 0.5) is 5.95 Å². The Bertz CT molecular complexity index is 1400. The second-order valence-electron chi connectivity index (χ2n) is 7.55. The molecule has 10 heteroatoms. The number of nitrogens with one attached hydrogen (secondary N) is 2. The molecule has 10 nitrogen and oxygen atoms in total. The summed E-state index contributed by atoms with van der Waals surface area (Å²) in [5.74, 6) is 0.872. The van der Waals surface area contributed by atoms with E-state index in [4.69, 9.17) is 4.74 Å². The highest BCUT2D eigenvalue weighted by molar-refractivity contribution is 5.80. The molecule has 1 atom stereocenters. The number of anilines is 1. The molecule has 4 aromatic rings. The van der Waals surface area contributed by atoms with E-state index in [1.807, 2.05) is 61.5 Å². The summed E-state index contributed by atoms with van der Waals surface area (Å²) in [5, 5.41) is 14.8. The summed E-state index contributed by atoms with van der Waals surface area (Å²) < 4.78 is 8.46. The third-order valence-corrected chi connectivity index (χ3v) is 5.10. The lowest BCUT2D eigenvalue weighted by atomic mass is 10.2. The van der Waals surface area contributed by atoms with Gasteiger partial charge in [-0.25, -0.2) is 10.2 Å². The Morgan fingerprint density at radius 1 is 1.18 bits per heavy atom. The molecule has 0 saturated heterocycles. The summed E-state index contributed by atoms with van der Waals surface area (Å²) in [6.45, 7) is 1.91. The molecule has 3 N–H and O–H groups in total. The second-order valence-corrected chi connectivity index (χ2v) is 7.55. The Balaban J connectivity index is 1.63. The quantitative estimate of drug-likeness (QED) is 0.278. The largest absolute Gasteiger partial charge is 0.491 e. The van der Waals surface area contributed by atoms with Crippen molar-refractivity contribution in [1.29, 1.82) is 0 Å². The number of H-pyrrole nitrogens is 1. The molecular formula is C23H24N6O4. The van der Waals surface area contributed by atoms with Crippen molar-refractivity contribution in [2.45, 2.75) is 19.6 Å². The Kier molecular flexibility index (Phi) is 6.36. The van der Waals surface area contributed by atoms with E-state index < -0.39 is 17.4 Å². The molecule has 0 amide bonds. The minimum absolute atomic E-state index is 0.000911. The average Bonchev–Trinajstić information content (AvgIpc) is 3.16. The number of aromatic nitrogens is 4. The van der Waals surface area contributed by atoms with Crippen molar-refractivity contribution in [3.05, 3.63) is 86.6 Å². The number of aliphatic hydroxyl groups is 1.